The monoisotopic (exact) mass is 372 g/mol. The lowest BCUT2D eigenvalue weighted by Gasteiger charge is -2.40. The average Bonchev–Trinajstić information content (AvgIpc) is 2.63. The third-order valence-corrected chi connectivity index (χ3v) is 4.95. The summed E-state index contributed by atoms with van der Waals surface area (Å²) in [7, 11) is 1.52. The summed E-state index contributed by atoms with van der Waals surface area (Å²) in [6, 6.07) is 12.6. The number of rotatable bonds is 3. The van der Waals surface area contributed by atoms with Crippen LogP contribution in [0.4, 0.5) is 5.69 Å². The van der Waals surface area contributed by atoms with Gasteiger partial charge in [0.15, 0.2) is 0 Å². The summed E-state index contributed by atoms with van der Waals surface area (Å²) < 4.78 is 5.12. The first-order valence-electron chi connectivity index (χ1n) is 8.43. The van der Waals surface area contributed by atoms with Gasteiger partial charge in [-0.3, -0.25) is 9.59 Å². The number of ether oxygens (including phenoxy) is 1. The van der Waals surface area contributed by atoms with Crippen molar-refractivity contribution in [1.29, 1.82) is 0 Å². The molecule has 0 saturated carbocycles. The van der Waals surface area contributed by atoms with E-state index in [9.17, 15) is 9.59 Å². The van der Waals surface area contributed by atoms with Gasteiger partial charge in [0.2, 0.25) is 5.91 Å². The highest BCUT2D eigenvalue weighted by molar-refractivity contribution is 6.32. The van der Waals surface area contributed by atoms with Gasteiger partial charge in [-0.05, 0) is 43.7 Å². The van der Waals surface area contributed by atoms with Crippen molar-refractivity contribution in [2.45, 2.75) is 19.9 Å². The number of methoxy groups -OCH3 is 1. The number of piperazine rings is 1. The number of nitrogens with zero attached hydrogens (tertiary/aromatic N) is 2. The minimum atomic E-state index is -0.208. The van der Waals surface area contributed by atoms with E-state index in [1.807, 2.05) is 38.1 Å². The van der Waals surface area contributed by atoms with Crippen LogP contribution in [0.25, 0.3) is 0 Å². The summed E-state index contributed by atoms with van der Waals surface area (Å²) in [5.41, 5.74) is 2.37. The topological polar surface area (TPSA) is 49.9 Å². The number of anilines is 1. The summed E-state index contributed by atoms with van der Waals surface area (Å²) in [5, 5.41) is 0.371. The first-order valence-corrected chi connectivity index (χ1v) is 8.80. The van der Waals surface area contributed by atoms with Crippen LogP contribution in [0.15, 0.2) is 42.5 Å². The maximum absolute atomic E-state index is 12.9. The number of hydrogen-bond acceptors (Lipinski definition) is 3. The van der Waals surface area contributed by atoms with E-state index in [4.69, 9.17) is 16.3 Å². The summed E-state index contributed by atoms with van der Waals surface area (Å²) >= 11 is 6.13. The van der Waals surface area contributed by atoms with Gasteiger partial charge in [0, 0.05) is 23.8 Å². The Labute approximate surface area is 158 Å². The quantitative estimate of drug-likeness (QED) is 0.828. The normalized spacial score (nSPS) is 17.4. The van der Waals surface area contributed by atoms with Gasteiger partial charge in [-0.15, -0.1) is 0 Å². The van der Waals surface area contributed by atoms with Gasteiger partial charge in [0.25, 0.3) is 5.91 Å². The van der Waals surface area contributed by atoms with Crippen LogP contribution in [0.5, 0.6) is 5.75 Å². The lowest BCUT2D eigenvalue weighted by molar-refractivity contribution is -0.121. The Morgan fingerprint density at radius 3 is 2.62 bits per heavy atom. The standard InChI is InChI=1S/C20H21ClN2O3/c1-13-6-4-5-7-17(13)23-11-14(2)22(12-19(23)24)20(25)15-8-9-18(26-3)16(21)10-15/h4-10,14H,11-12H2,1-3H3/t14-/m1/s1. The van der Waals surface area contributed by atoms with Gasteiger partial charge in [0.05, 0.1) is 12.1 Å². The molecule has 0 unspecified atom stereocenters. The zero-order valence-corrected chi connectivity index (χ0v) is 15.8. The van der Waals surface area contributed by atoms with Crippen molar-refractivity contribution in [3.8, 4) is 5.75 Å². The number of aryl methyl sites for hydroxylation is 1. The van der Waals surface area contributed by atoms with Crippen LogP contribution in [0, 0.1) is 6.92 Å². The van der Waals surface area contributed by atoms with E-state index in [1.54, 1.807) is 28.0 Å². The number of amides is 2. The molecule has 1 atom stereocenters. The Balaban J connectivity index is 1.81. The highest BCUT2D eigenvalue weighted by Gasteiger charge is 2.34. The molecule has 1 aliphatic rings. The molecule has 0 N–H and O–H groups in total. The molecule has 2 aromatic carbocycles. The Hall–Kier alpha value is -2.53. The van der Waals surface area contributed by atoms with E-state index in [2.05, 4.69) is 0 Å². The number of hydrogen-bond donors (Lipinski definition) is 0. The molecule has 1 fully saturated rings. The van der Waals surface area contributed by atoms with Crippen molar-refractivity contribution in [3.63, 3.8) is 0 Å². The Kier molecular flexibility index (Phi) is 5.18. The molecular weight excluding hydrogens is 352 g/mol. The van der Waals surface area contributed by atoms with Crippen molar-refractivity contribution in [1.82, 2.24) is 4.90 Å². The number of para-hydroxylation sites is 1. The molecule has 136 valence electrons. The highest BCUT2D eigenvalue weighted by Crippen LogP contribution is 2.28. The summed E-state index contributed by atoms with van der Waals surface area (Å²) in [6.45, 7) is 4.42. The third-order valence-electron chi connectivity index (χ3n) is 4.65. The molecular formula is C20H21ClN2O3. The predicted molar refractivity (Wildman–Crippen MR) is 102 cm³/mol. The average molecular weight is 373 g/mol. The van der Waals surface area contributed by atoms with Crippen LogP contribution in [-0.4, -0.2) is 43.0 Å². The van der Waals surface area contributed by atoms with Crippen LogP contribution >= 0.6 is 11.6 Å². The lowest BCUT2D eigenvalue weighted by Crippen LogP contribution is -2.57. The number of benzene rings is 2. The molecule has 0 spiro atoms. The van der Waals surface area contributed by atoms with Crippen LogP contribution < -0.4 is 9.64 Å². The van der Waals surface area contributed by atoms with E-state index in [-0.39, 0.29) is 24.4 Å². The van der Waals surface area contributed by atoms with Gasteiger partial charge < -0.3 is 14.5 Å². The Morgan fingerprint density at radius 2 is 1.96 bits per heavy atom. The number of carbonyl (C=O) groups is 2. The molecule has 1 heterocycles. The molecule has 0 aromatic heterocycles. The van der Waals surface area contributed by atoms with E-state index in [0.717, 1.165) is 11.3 Å². The van der Waals surface area contributed by atoms with Crippen LogP contribution in [0.1, 0.15) is 22.8 Å². The Bertz CT molecular complexity index is 853. The van der Waals surface area contributed by atoms with Gasteiger partial charge in [0.1, 0.15) is 12.3 Å². The highest BCUT2D eigenvalue weighted by atomic mass is 35.5. The molecule has 5 nitrogen and oxygen atoms in total. The number of carbonyl (C=O) groups excluding carboxylic acids is 2. The lowest BCUT2D eigenvalue weighted by atomic mass is 10.1. The van der Waals surface area contributed by atoms with E-state index >= 15 is 0 Å². The molecule has 3 rings (SSSR count). The molecule has 0 aliphatic carbocycles. The van der Waals surface area contributed by atoms with Crippen LogP contribution in [0.3, 0.4) is 0 Å². The zero-order chi connectivity index (χ0) is 18.8. The molecule has 0 bridgehead atoms. The van der Waals surface area contributed by atoms with Crippen molar-refractivity contribution in [2.24, 2.45) is 0 Å². The maximum atomic E-state index is 12.9. The van der Waals surface area contributed by atoms with Gasteiger partial charge in [-0.25, -0.2) is 0 Å². The fourth-order valence-corrected chi connectivity index (χ4v) is 3.45. The SMILES string of the molecule is COc1ccc(C(=O)N2CC(=O)N(c3ccccc3C)C[C@H]2C)cc1Cl. The minimum Gasteiger partial charge on any atom is -0.495 e. The van der Waals surface area contributed by atoms with Gasteiger partial charge >= 0.3 is 0 Å². The first-order chi connectivity index (χ1) is 12.4. The third kappa shape index (κ3) is 3.40. The molecule has 1 saturated heterocycles. The van der Waals surface area contributed by atoms with Crippen molar-refractivity contribution in [3.05, 3.63) is 58.6 Å². The van der Waals surface area contributed by atoms with Crippen LogP contribution in [-0.2, 0) is 4.79 Å². The van der Waals surface area contributed by atoms with Gasteiger partial charge in [-0.2, -0.15) is 0 Å². The molecule has 2 amide bonds. The van der Waals surface area contributed by atoms with Gasteiger partial charge in [-0.1, -0.05) is 29.8 Å². The first kappa shape index (κ1) is 18.3. The van der Waals surface area contributed by atoms with E-state index in [1.165, 1.54) is 7.11 Å². The molecule has 1 aliphatic heterocycles. The Morgan fingerprint density at radius 1 is 1.23 bits per heavy atom. The van der Waals surface area contributed by atoms with Crippen molar-refractivity contribution < 1.29 is 14.3 Å². The van der Waals surface area contributed by atoms with E-state index in [0.29, 0.717) is 22.9 Å². The second kappa shape index (κ2) is 7.38. The summed E-state index contributed by atoms with van der Waals surface area (Å²) in [4.78, 5) is 28.9. The fourth-order valence-electron chi connectivity index (χ4n) is 3.19. The fraction of sp³-hybridized carbons (Fsp3) is 0.300. The molecule has 26 heavy (non-hydrogen) atoms. The second-order valence-electron chi connectivity index (χ2n) is 6.42. The molecule has 6 heteroatoms. The molecule has 2 aromatic rings. The number of halogens is 1. The predicted octanol–water partition coefficient (Wildman–Crippen LogP) is 3.53. The van der Waals surface area contributed by atoms with E-state index < -0.39 is 0 Å². The van der Waals surface area contributed by atoms with Crippen molar-refractivity contribution >= 4 is 29.1 Å². The minimum absolute atomic E-state index is 0.0397. The molecule has 0 radical (unpaired) electrons. The largest absolute Gasteiger partial charge is 0.495 e. The zero-order valence-electron chi connectivity index (χ0n) is 15.0. The van der Waals surface area contributed by atoms with Crippen LogP contribution in [0.2, 0.25) is 5.02 Å². The van der Waals surface area contributed by atoms with Crippen molar-refractivity contribution in [2.75, 3.05) is 25.1 Å². The summed E-state index contributed by atoms with van der Waals surface area (Å²) in [5.74, 6) is 0.210. The summed E-state index contributed by atoms with van der Waals surface area (Å²) in [6.07, 6.45) is 0. The maximum Gasteiger partial charge on any atom is 0.254 e. The second-order valence-corrected chi connectivity index (χ2v) is 6.83. The smallest absolute Gasteiger partial charge is 0.254 e.